The van der Waals surface area contributed by atoms with Crippen LogP contribution in [0, 0.1) is 0 Å². The molecule has 1 fully saturated rings. The van der Waals surface area contributed by atoms with E-state index in [2.05, 4.69) is 17.2 Å². The van der Waals surface area contributed by atoms with Crippen LogP contribution in [0.5, 0.6) is 0 Å². The van der Waals surface area contributed by atoms with Crippen molar-refractivity contribution in [2.45, 2.75) is 19.1 Å². The van der Waals surface area contributed by atoms with Crippen LogP contribution in [0.3, 0.4) is 0 Å². The number of halogens is 2. The van der Waals surface area contributed by atoms with Crippen molar-refractivity contribution in [1.82, 2.24) is 10.3 Å². The third kappa shape index (κ3) is 3.40. The molecule has 0 aromatic heterocycles. The minimum Gasteiger partial charge on any atom is -0.374 e. The Morgan fingerprint density at radius 2 is 2.32 bits per heavy atom. The molecular formula is C13H19Cl2N3O. The number of nitrogens with zero attached hydrogens (tertiary/aromatic N) is 1. The van der Waals surface area contributed by atoms with E-state index in [0.717, 1.165) is 25.2 Å². The lowest BCUT2D eigenvalue weighted by molar-refractivity contribution is -0.0456. The minimum absolute atomic E-state index is 0.0327. The molecular weight excluding hydrogens is 285 g/mol. The SMILES string of the molecule is CCN1CCOC(C(NN)c2cccc(Cl)c2Cl)C1. The van der Waals surface area contributed by atoms with Gasteiger partial charge in [0.2, 0.25) is 0 Å². The minimum atomic E-state index is -0.166. The molecule has 1 aliphatic heterocycles. The zero-order valence-electron chi connectivity index (χ0n) is 10.9. The fourth-order valence-electron chi connectivity index (χ4n) is 2.38. The molecule has 3 N–H and O–H groups in total. The van der Waals surface area contributed by atoms with E-state index in [1.165, 1.54) is 0 Å². The molecule has 2 atom stereocenters. The summed E-state index contributed by atoms with van der Waals surface area (Å²) >= 11 is 12.3. The number of hydrogen-bond acceptors (Lipinski definition) is 4. The molecule has 2 rings (SSSR count). The van der Waals surface area contributed by atoms with Crippen LogP contribution in [0.2, 0.25) is 10.0 Å². The molecule has 1 aromatic carbocycles. The van der Waals surface area contributed by atoms with Gasteiger partial charge in [0.1, 0.15) is 0 Å². The van der Waals surface area contributed by atoms with Crippen LogP contribution >= 0.6 is 23.2 Å². The predicted molar refractivity (Wildman–Crippen MR) is 78.4 cm³/mol. The molecule has 0 amide bonds. The summed E-state index contributed by atoms with van der Waals surface area (Å²) in [6.07, 6.45) is -0.0327. The van der Waals surface area contributed by atoms with Gasteiger partial charge in [-0.2, -0.15) is 0 Å². The fraction of sp³-hybridized carbons (Fsp3) is 0.538. The van der Waals surface area contributed by atoms with Crippen molar-refractivity contribution in [2.75, 3.05) is 26.2 Å². The molecule has 1 heterocycles. The van der Waals surface area contributed by atoms with Gasteiger partial charge in [0.05, 0.1) is 28.8 Å². The molecule has 19 heavy (non-hydrogen) atoms. The standard InChI is InChI=1S/C13H19Cl2N3O/c1-2-18-6-7-19-11(8-18)13(17-16)9-4-3-5-10(14)12(9)15/h3-5,11,13,17H,2,6-8,16H2,1H3. The second kappa shape index (κ2) is 6.88. The highest BCUT2D eigenvalue weighted by Gasteiger charge is 2.29. The summed E-state index contributed by atoms with van der Waals surface area (Å²) in [5.74, 6) is 5.69. The van der Waals surface area contributed by atoms with Gasteiger partial charge in [-0.15, -0.1) is 0 Å². The Kier molecular flexibility index (Phi) is 5.45. The summed E-state index contributed by atoms with van der Waals surface area (Å²) in [6.45, 7) is 5.62. The van der Waals surface area contributed by atoms with Crippen molar-refractivity contribution in [3.05, 3.63) is 33.8 Å². The lowest BCUT2D eigenvalue weighted by atomic mass is 10.0. The van der Waals surface area contributed by atoms with E-state index < -0.39 is 0 Å². The number of rotatable bonds is 4. The van der Waals surface area contributed by atoms with Crippen LogP contribution in [0.1, 0.15) is 18.5 Å². The second-order valence-electron chi connectivity index (χ2n) is 4.59. The maximum absolute atomic E-state index is 6.26. The topological polar surface area (TPSA) is 50.5 Å². The second-order valence-corrected chi connectivity index (χ2v) is 5.38. The maximum atomic E-state index is 6.26. The van der Waals surface area contributed by atoms with Gasteiger partial charge in [-0.1, -0.05) is 42.3 Å². The zero-order valence-corrected chi connectivity index (χ0v) is 12.4. The van der Waals surface area contributed by atoms with Crippen molar-refractivity contribution >= 4 is 23.2 Å². The smallest absolute Gasteiger partial charge is 0.0910 e. The number of morpholine rings is 1. The van der Waals surface area contributed by atoms with Crippen molar-refractivity contribution in [1.29, 1.82) is 0 Å². The van der Waals surface area contributed by atoms with E-state index in [4.69, 9.17) is 33.8 Å². The molecule has 1 aromatic rings. The van der Waals surface area contributed by atoms with Crippen molar-refractivity contribution in [3.63, 3.8) is 0 Å². The van der Waals surface area contributed by atoms with Gasteiger partial charge in [0, 0.05) is 13.1 Å². The molecule has 2 unspecified atom stereocenters. The zero-order chi connectivity index (χ0) is 13.8. The highest BCUT2D eigenvalue weighted by Crippen LogP contribution is 2.32. The quantitative estimate of drug-likeness (QED) is 0.661. The number of nitrogens with two attached hydrogens (primary N) is 1. The number of benzene rings is 1. The Morgan fingerprint density at radius 1 is 1.53 bits per heavy atom. The monoisotopic (exact) mass is 303 g/mol. The van der Waals surface area contributed by atoms with Gasteiger partial charge in [-0.25, -0.2) is 0 Å². The molecule has 0 bridgehead atoms. The van der Waals surface area contributed by atoms with Crippen LogP contribution in [0.25, 0.3) is 0 Å². The molecule has 0 spiro atoms. The van der Waals surface area contributed by atoms with E-state index in [-0.39, 0.29) is 12.1 Å². The Morgan fingerprint density at radius 3 is 3.00 bits per heavy atom. The third-order valence-electron chi connectivity index (χ3n) is 3.49. The average Bonchev–Trinajstić information content (AvgIpc) is 2.44. The summed E-state index contributed by atoms with van der Waals surface area (Å²) in [6, 6.07) is 5.39. The van der Waals surface area contributed by atoms with E-state index in [1.807, 2.05) is 12.1 Å². The number of hydrazine groups is 1. The van der Waals surface area contributed by atoms with E-state index in [0.29, 0.717) is 16.7 Å². The number of nitrogens with one attached hydrogen (secondary N) is 1. The van der Waals surface area contributed by atoms with Crippen LogP contribution in [-0.4, -0.2) is 37.2 Å². The summed E-state index contributed by atoms with van der Waals surface area (Å²) in [5, 5.41) is 1.06. The molecule has 4 nitrogen and oxygen atoms in total. The first-order chi connectivity index (χ1) is 9.17. The summed E-state index contributed by atoms with van der Waals surface area (Å²) in [7, 11) is 0. The molecule has 0 aliphatic carbocycles. The fourth-order valence-corrected chi connectivity index (χ4v) is 2.80. The van der Waals surface area contributed by atoms with Gasteiger partial charge in [0.15, 0.2) is 0 Å². The molecule has 6 heteroatoms. The lowest BCUT2D eigenvalue weighted by Gasteiger charge is -2.36. The normalized spacial score (nSPS) is 22.4. The van der Waals surface area contributed by atoms with Gasteiger partial charge < -0.3 is 4.74 Å². The van der Waals surface area contributed by atoms with Crippen molar-refractivity contribution < 1.29 is 4.74 Å². The first-order valence-electron chi connectivity index (χ1n) is 6.41. The molecule has 106 valence electrons. The molecule has 1 aliphatic rings. The molecule has 0 saturated carbocycles. The third-order valence-corrected chi connectivity index (χ3v) is 4.33. The first kappa shape index (κ1) is 15.0. The first-order valence-corrected chi connectivity index (χ1v) is 7.17. The van der Waals surface area contributed by atoms with Gasteiger partial charge in [-0.3, -0.25) is 16.2 Å². The highest BCUT2D eigenvalue weighted by atomic mass is 35.5. The molecule has 1 saturated heterocycles. The van der Waals surface area contributed by atoms with Crippen molar-refractivity contribution in [2.24, 2.45) is 5.84 Å². The summed E-state index contributed by atoms with van der Waals surface area (Å²) < 4.78 is 5.83. The van der Waals surface area contributed by atoms with Gasteiger partial charge >= 0.3 is 0 Å². The van der Waals surface area contributed by atoms with Gasteiger partial charge in [0.25, 0.3) is 0 Å². The Balaban J connectivity index is 2.21. The van der Waals surface area contributed by atoms with Crippen LogP contribution < -0.4 is 11.3 Å². The van der Waals surface area contributed by atoms with Crippen molar-refractivity contribution in [3.8, 4) is 0 Å². The Labute approximate surface area is 123 Å². The summed E-state index contributed by atoms with van der Waals surface area (Å²) in [4.78, 5) is 2.33. The number of likely N-dealkylation sites (N-methyl/N-ethyl adjacent to an activating group) is 1. The Bertz CT molecular complexity index is 430. The van der Waals surface area contributed by atoms with Crippen LogP contribution in [0.4, 0.5) is 0 Å². The lowest BCUT2D eigenvalue weighted by Crippen LogP contribution is -2.49. The van der Waals surface area contributed by atoms with E-state index in [1.54, 1.807) is 6.07 Å². The predicted octanol–water partition coefficient (Wildman–Crippen LogP) is 2.22. The molecule has 0 radical (unpaired) electrons. The summed E-state index contributed by atoms with van der Waals surface area (Å²) in [5.41, 5.74) is 3.68. The highest BCUT2D eigenvalue weighted by molar-refractivity contribution is 6.42. The number of ether oxygens (including phenoxy) is 1. The Hall–Kier alpha value is -0.360. The van der Waals surface area contributed by atoms with E-state index >= 15 is 0 Å². The van der Waals surface area contributed by atoms with E-state index in [9.17, 15) is 0 Å². The van der Waals surface area contributed by atoms with Gasteiger partial charge in [-0.05, 0) is 18.2 Å². The van der Waals surface area contributed by atoms with Crippen LogP contribution in [0.15, 0.2) is 18.2 Å². The maximum Gasteiger partial charge on any atom is 0.0910 e. The van der Waals surface area contributed by atoms with Crippen LogP contribution in [-0.2, 0) is 4.74 Å². The average molecular weight is 304 g/mol. The number of hydrogen-bond donors (Lipinski definition) is 2. The largest absolute Gasteiger partial charge is 0.374 e.